The molecule has 1 heterocycles. The second-order valence-corrected chi connectivity index (χ2v) is 5.85. The van der Waals surface area contributed by atoms with Gasteiger partial charge in [0.2, 0.25) is 0 Å². The predicted molar refractivity (Wildman–Crippen MR) is 84.0 cm³/mol. The van der Waals surface area contributed by atoms with Crippen molar-refractivity contribution in [3.63, 3.8) is 0 Å². The average Bonchev–Trinajstić information content (AvgIpc) is 2.45. The molecule has 1 saturated heterocycles. The molecule has 0 aliphatic carbocycles. The van der Waals surface area contributed by atoms with Crippen LogP contribution in [0.25, 0.3) is 0 Å². The van der Waals surface area contributed by atoms with Crippen LogP contribution in [-0.2, 0) is 0 Å². The summed E-state index contributed by atoms with van der Waals surface area (Å²) in [5.74, 6) is 1.23. The lowest BCUT2D eigenvalue weighted by atomic mass is 10.1. The minimum Gasteiger partial charge on any atom is -0.385 e. The largest absolute Gasteiger partial charge is 0.385 e. The van der Waals surface area contributed by atoms with Crippen LogP contribution < -0.4 is 10.2 Å². The molecular formula is C15H24N2S. The summed E-state index contributed by atoms with van der Waals surface area (Å²) in [6, 6.07) is 8.93. The highest BCUT2D eigenvalue weighted by molar-refractivity contribution is 7.98. The van der Waals surface area contributed by atoms with Crippen molar-refractivity contribution in [3.8, 4) is 0 Å². The molecule has 0 radical (unpaired) electrons. The van der Waals surface area contributed by atoms with Crippen molar-refractivity contribution in [2.45, 2.75) is 25.7 Å². The number of hydrogen-bond donors (Lipinski definition) is 1. The zero-order valence-corrected chi connectivity index (χ0v) is 12.1. The second-order valence-electron chi connectivity index (χ2n) is 4.87. The summed E-state index contributed by atoms with van der Waals surface area (Å²) in [5, 5.41) is 3.48. The topological polar surface area (TPSA) is 15.3 Å². The Morgan fingerprint density at radius 2 is 1.83 bits per heavy atom. The highest BCUT2D eigenvalue weighted by Gasteiger charge is 2.10. The van der Waals surface area contributed by atoms with Gasteiger partial charge in [0.1, 0.15) is 0 Å². The molecule has 1 aliphatic heterocycles. The van der Waals surface area contributed by atoms with Crippen molar-refractivity contribution < 1.29 is 0 Å². The number of anilines is 2. The van der Waals surface area contributed by atoms with Crippen LogP contribution in [0.5, 0.6) is 0 Å². The summed E-state index contributed by atoms with van der Waals surface area (Å²) < 4.78 is 0. The fourth-order valence-electron chi connectivity index (χ4n) is 2.39. The molecule has 2 rings (SSSR count). The van der Waals surface area contributed by atoms with Crippen LogP contribution in [-0.4, -0.2) is 31.6 Å². The fourth-order valence-corrected chi connectivity index (χ4v) is 2.82. The van der Waals surface area contributed by atoms with Gasteiger partial charge in [-0.25, -0.2) is 0 Å². The van der Waals surface area contributed by atoms with E-state index in [0.29, 0.717) is 0 Å². The van der Waals surface area contributed by atoms with Crippen LogP contribution in [0, 0.1) is 0 Å². The molecule has 2 nitrogen and oxygen atoms in total. The summed E-state index contributed by atoms with van der Waals surface area (Å²) in [6.45, 7) is 3.52. The zero-order valence-electron chi connectivity index (χ0n) is 11.3. The molecule has 1 N–H and O–H groups in total. The van der Waals surface area contributed by atoms with Crippen molar-refractivity contribution in [3.05, 3.63) is 24.3 Å². The Balaban J connectivity index is 1.81. The molecule has 3 heteroatoms. The number of thioether (sulfide) groups is 1. The minimum absolute atomic E-state index is 1.07. The van der Waals surface area contributed by atoms with Gasteiger partial charge in [-0.3, -0.25) is 0 Å². The van der Waals surface area contributed by atoms with Crippen molar-refractivity contribution in [2.24, 2.45) is 0 Å². The van der Waals surface area contributed by atoms with Crippen LogP contribution >= 0.6 is 11.8 Å². The van der Waals surface area contributed by atoms with Crippen molar-refractivity contribution in [1.82, 2.24) is 0 Å². The van der Waals surface area contributed by atoms with E-state index in [9.17, 15) is 0 Å². The summed E-state index contributed by atoms with van der Waals surface area (Å²) in [4.78, 5) is 2.50. The van der Waals surface area contributed by atoms with Crippen molar-refractivity contribution in [2.75, 3.05) is 41.9 Å². The molecule has 0 unspecified atom stereocenters. The first-order valence-corrected chi connectivity index (χ1v) is 8.37. The molecule has 1 aromatic rings. The highest BCUT2D eigenvalue weighted by Crippen LogP contribution is 2.21. The normalized spacial score (nSPS) is 15.7. The van der Waals surface area contributed by atoms with Crippen molar-refractivity contribution in [1.29, 1.82) is 0 Å². The maximum Gasteiger partial charge on any atom is 0.0367 e. The van der Waals surface area contributed by atoms with E-state index < -0.39 is 0 Å². The standard InChI is InChI=1S/C15H24N2S/c1-18-13-5-10-16-14-6-8-15(9-7-14)17-11-3-2-4-12-17/h6-9,16H,2-5,10-13H2,1H3. The zero-order chi connectivity index (χ0) is 12.6. The highest BCUT2D eigenvalue weighted by atomic mass is 32.2. The lowest BCUT2D eigenvalue weighted by molar-refractivity contribution is 0.578. The third-order valence-electron chi connectivity index (χ3n) is 3.44. The molecule has 100 valence electrons. The number of benzene rings is 1. The van der Waals surface area contributed by atoms with E-state index in [-0.39, 0.29) is 0 Å². The molecule has 1 fully saturated rings. The number of nitrogens with zero attached hydrogens (tertiary/aromatic N) is 1. The molecule has 0 aromatic heterocycles. The van der Waals surface area contributed by atoms with E-state index in [4.69, 9.17) is 0 Å². The Bertz CT molecular complexity index is 331. The van der Waals surface area contributed by atoms with E-state index in [1.807, 2.05) is 11.8 Å². The maximum atomic E-state index is 3.48. The van der Waals surface area contributed by atoms with Gasteiger partial charge in [0, 0.05) is 31.0 Å². The van der Waals surface area contributed by atoms with Gasteiger partial charge in [0.05, 0.1) is 0 Å². The lowest BCUT2D eigenvalue weighted by Gasteiger charge is -2.28. The quantitative estimate of drug-likeness (QED) is 0.786. The first kappa shape index (κ1) is 13.6. The third-order valence-corrected chi connectivity index (χ3v) is 4.14. The van der Waals surface area contributed by atoms with Crippen LogP contribution in [0.15, 0.2) is 24.3 Å². The molecule has 0 saturated carbocycles. The molecule has 1 aromatic carbocycles. The Morgan fingerprint density at radius 3 is 2.50 bits per heavy atom. The van der Waals surface area contributed by atoms with E-state index in [1.165, 1.54) is 55.9 Å². The summed E-state index contributed by atoms with van der Waals surface area (Å²) >= 11 is 1.91. The van der Waals surface area contributed by atoms with Crippen LogP contribution in [0.4, 0.5) is 11.4 Å². The van der Waals surface area contributed by atoms with Gasteiger partial charge in [-0.2, -0.15) is 11.8 Å². The minimum atomic E-state index is 1.07. The third kappa shape index (κ3) is 4.13. The second kappa shape index (κ2) is 7.57. The lowest BCUT2D eigenvalue weighted by Crippen LogP contribution is -2.29. The summed E-state index contributed by atoms with van der Waals surface area (Å²) in [6.07, 6.45) is 7.47. The Hall–Kier alpha value is -0.830. The van der Waals surface area contributed by atoms with Gasteiger partial charge in [-0.15, -0.1) is 0 Å². The molecule has 1 aliphatic rings. The van der Waals surface area contributed by atoms with E-state index in [1.54, 1.807) is 0 Å². The van der Waals surface area contributed by atoms with E-state index in [0.717, 1.165) is 6.54 Å². The van der Waals surface area contributed by atoms with Gasteiger partial charge in [-0.05, 0) is 62.0 Å². The first-order valence-electron chi connectivity index (χ1n) is 6.98. The van der Waals surface area contributed by atoms with E-state index in [2.05, 4.69) is 40.7 Å². The van der Waals surface area contributed by atoms with Crippen molar-refractivity contribution >= 4 is 23.1 Å². The SMILES string of the molecule is CSCCCNc1ccc(N2CCCCC2)cc1. The Morgan fingerprint density at radius 1 is 1.11 bits per heavy atom. The van der Waals surface area contributed by atoms with Gasteiger partial charge < -0.3 is 10.2 Å². The molecule has 0 atom stereocenters. The predicted octanol–water partition coefficient (Wildman–Crippen LogP) is 3.84. The Labute approximate surface area is 115 Å². The fraction of sp³-hybridized carbons (Fsp3) is 0.600. The number of hydrogen-bond acceptors (Lipinski definition) is 3. The first-order chi connectivity index (χ1) is 8.90. The van der Waals surface area contributed by atoms with Crippen LogP contribution in [0.1, 0.15) is 25.7 Å². The molecule has 18 heavy (non-hydrogen) atoms. The number of nitrogens with one attached hydrogen (secondary N) is 1. The van der Waals surface area contributed by atoms with Gasteiger partial charge in [-0.1, -0.05) is 0 Å². The van der Waals surface area contributed by atoms with Gasteiger partial charge >= 0.3 is 0 Å². The smallest absolute Gasteiger partial charge is 0.0367 e. The molecule has 0 amide bonds. The monoisotopic (exact) mass is 264 g/mol. The Kier molecular flexibility index (Phi) is 5.72. The summed E-state index contributed by atoms with van der Waals surface area (Å²) in [7, 11) is 0. The van der Waals surface area contributed by atoms with Crippen LogP contribution in [0.2, 0.25) is 0 Å². The van der Waals surface area contributed by atoms with Crippen LogP contribution in [0.3, 0.4) is 0 Å². The van der Waals surface area contributed by atoms with E-state index >= 15 is 0 Å². The molecular weight excluding hydrogens is 240 g/mol. The molecule has 0 spiro atoms. The maximum absolute atomic E-state index is 3.48. The number of rotatable bonds is 6. The van der Waals surface area contributed by atoms with Gasteiger partial charge in [0.15, 0.2) is 0 Å². The van der Waals surface area contributed by atoms with Gasteiger partial charge in [0.25, 0.3) is 0 Å². The summed E-state index contributed by atoms with van der Waals surface area (Å²) in [5.41, 5.74) is 2.63. The molecule has 0 bridgehead atoms. The average molecular weight is 264 g/mol. The number of piperidine rings is 1.